The highest BCUT2D eigenvalue weighted by molar-refractivity contribution is 6.09. The second-order valence-electron chi connectivity index (χ2n) is 3.92. The molecule has 2 rings (SSSR count). The Hall–Kier alpha value is -2.77. The fraction of sp³-hybridized carbons (Fsp3) is 0.182. The van der Waals surface area contributed by atoms with Gasteiger partial charge in [0.15, 0.2) is 5.84 Å². The summed E-state index contributed by atoms with van der Waals surface area (Å²) in [4.78, 5) is 12.0. The molecule has 0 atom stereocenters. The van der Waals surface area contributed by atoms with E-state index in [9.17, 15) is 4.79 Å². The van der Waals surface area contributed by atoms with Crippen LogP contribution in [0.1, 0.15) is 27.4 Å². The lowest BCUT2D eigenvalue weighted by molar-refractivity contribution is 0.102. The number of nitrogens with zero attached hydrogens (tertiary/aromatic N) is 2. The molecule has 5 N–H and O–H groups in total. The molecule has 0 fully saturated rings. The van der Waals surface area contributed by atoms with Gasteiger partial charge < -0.3 is 20.7 Å². The third-order valence-electron chi connectivity index (χ3n) is 2.55. The molecule has 2 heterocycles. The number of aromatic amines is 1. The van der Waals surface area contributed by atoms with Crippen LogP contribution >= 0.6 is 0 Å². The average molecular weight is 263 g/mol. The van der Waals surface area contributed by atoms with Crippen LogP contribution in [0.25, 0.3) is 0 Å². The van der Waals surface area contributed by atoms with Gasteiger partial charge in [-0.3, -0.25) is 9.89 Å². The topological polar surface area (TPSA) is 130 Å². The number of rotatable bonds is 3. The lowest BCUT2D eigenvalue weighted by Gasteiger charge is -2.03. The minimum atomic E-state index is -0.370. The number of carbonyl (C=O) groups is 1. The van der Waals surface area contributed by atoms with Gasteiger partial charge in [0.25, 0.3) is 5.91 Å². The molecule has 0 saturated heterocycles. The van der Waals surface area contributed by atoms with E-state index < -0.39 is 0 Å². The molecule has 0 aliphatic rings. The minimum Gasteiger partial charge on any atom is -0.466 e. The summed E-state index contributed by atoms with van der Waals surface area (Å²) >= 11 is 0. The largest absolute Gasteiger partial charge is 0.466 e. The summed E-state index contributed by atoms with van der Waals surface area (Å²) in [7, 11) is 0. The first-order valence-electron chi connectivity index (χ1n) is 5.42. The quantitative estimate of drug-likeness (QED) is 0.284. The Morgan fingerprint density at radius 1 is 1.53 bits per heavy atom. The smallest absolute Gasteiger partial charge is 0.260 e. The zero-order valence-corrected chi connectivity index (χ0v) is 10.4. The van der Waals surface area contributed by atoms with Crippen LogP contribution in [0.4, 0.5) is 5.82 Å². The normalized spacial score (nSPS) is 11.6. The van der Waals surface area contributed by atoms with Gasteiger partial charge in [-0.25, -0.2) is 0 Å². The number of aromatic nitrogens is 2. The number of nitrogens with two attached hydrogens (primary N) is 1. The molecular formula is C11H13N5O3. The van der Waals surface area contributed by atoms with Gasteiger partial charge >= 0.3 is 0 Å². The number of furan rings is 1. The van der Waals surface area contributed by atoms with Crippen molar-refractivity contribution >= 4 is 17.6 Å². The van der Waals surface area contributed by atoms with E-state index in [1.165, 1.54) is 6.20 Å². The van der Waals surface area contributed by atoms with E-state index in [-0.39, 0.29) is 17.6 Å². The van der Waals surface area contributed by atoms with Gasteiger partial charge in [0.2, 0.25) is 0 Å². The minimum absolute atomic E-state index is 0.149. The van der Waals surface area contributed by atoms with Gasteiger partial charge in [-0.05, 0) is 19.9 Å². The lowest BCUT2D eigenvalue weighted by atomic mass is 10.2. The maximum atomic E-state index is 12.0. The lowest BCUT2D eigenvalue weighted by Crippen LogP contribution is -2.18. The van der Waals surface area contributed by atoms with E-state index >= 15 is 0 Å². The van der Waals surface area contributed by atoms with Crippen LogP contribution in [0.3, 0.4) is 0 Å². The Labute approximate surface area is 108 Å². The molecule has 8 nitrogen and oxygen atoms in total. The maximum absolute atomic E-state index is 12.0. The molecule has 0 aliphatic heterocycles. The van der Waals surface area contributed by atoms with Crippen LogP contribution < -0.4 is 11.1 Å². The molecule has 0 aliphatic carbocycles. The number of amidine groups is 1. The van der Waals surface area contributed by atoms with E-state index in [0.717, 1.165) is 0 Å². The molecule has 2 aromatic rings. The van der Waals surface area contributed by atoms with Gasteiger partial charge in [0.1, 0.15) is 17.3 Å². The molecule has 1 amide bonds. The number of amides is 1. The second-order valence-corrected chi connectivity index (χ2v) is 3.92. The first-order chi connectivity index (χ1) is 9.02. The van der Waals surface area contributed by atoms with E-state index in [2.05, 4.69) is 20.7 Å². The number of hydrogen-bond acceptors (Lipinski definition) is 5. The van der Waals surface area contributed by atoms with Crippen molar-refractivity contribution < 1.29 is 14.4 Å². The van der Waals surface area contributed by atoms with E-state index in [1.807, 2.05) is 0 Å². The molecule has 0 radical (unpaired) electrons. The summed E-state index contributed by atoms with van der Waals surface area (Å²) in [5.41, 5.74) is 6.17. The maximum Gasteiger partial charge on any atom is 0.260 e. The summed E-state index contributed by atoms with van der Waals surface area (Å²) in [5.74, 6) is 0.886. The molecular weight excluding hydrogens is 250 g/mol. The van der Waals surface area contributed by atoms with Crippen molar-refractivity contribution in [3.8, 4) is 0 Å². The van der Waals surface area contributed by atoms with Crippen molar-refractivity contribution in [1.82, 2.24) is 10.2 Å². The molecule has 0 unspecified atom stereocenters. The monoisotopic (exact) mass is 263 g/mol. The summed E-state index contributed by atoms with van der Waals surface area (Å²) in [6.45, 7) is 3.45. The van der Waals surface area contributed by atoms with Crippen LogP contribution in [0, 0.1) is 13.8 Å². The van der Waals surface area contributed by atoms with E-state index in [1.54, 1.807) is 19.9 Å². The number of H-pyrrole nitrogens is 1. The number of nitrogens with one attached hydrogen (secondary N) is 2. The standard InChI is InChI=1S/C11H13N5O3/c1-5-3-7(6(2)19-5)11(17)14-10-8(4-13-15-10)9(12)16-18/h3-4,18H,1-2H3,(H2,12,16)(H2,13,14,15,17). The van der Waals surface area contributed by atoms with Crippen LogP contribution in [0.15, 0.2) is 21.8 Å². The zero-order chi connectivity index (χ0) is 14.0. The third-order valence-corrected chi connectivity index (χ3v) is 2.55. The Bertz CT molecular complexity index is 641. The molecule has 0 saturated carbocycles. The predicted octanol–water partition coefficient (Wildman–Crippen LogP) is 0.966. The van der Waals surface area contributed by atoms with Gasteiger partial charge in [-0.15, -0.1) is 0 Å². The molecule has 8 heteroatoms. The molecule has 0 aromatic carbocycles. The fourth-order valence-electron chi connectivity index (χ4n) is 1.67. The number of oxime groups is 1. The van der Waals surface area contributed by atoms with Gasteiger partial charge in [-0.1, -0.05) is 5.16 Å². The number of anilines is 1. The van der Waals surface area contributed by atoms with Gasteiger partial charge in [-0.2, -0.15) is 5.10 Å². The number of carbonyl (C=O) groups excluding carboxylic acids is 1. The van der Waals surface area contributed by atoms with Crippen molar-refractivity contribution in [2.75, 3.05) is 5.32 Å². The van der Waals surface area contributed by atoms with Gasteiger partial charge in [0, 0.05) is 0 Å². The Balaban J connectivity index is 2.25. The van der Waals surface area contributed by atoms with Crippen molar-refractivity contribution in [3.05, 3.63) is 34.9 Å². The van der Waals surface area contributed by atoms with Crippen LogP contribution in [0.2, 0.25) is 0 Å². The average Bonchev–Trinajstić information content (AvgIpc) is 2.95. The fourth-order valence-corrected chi connectivity index (χ4v) is 1.67. The van der Waals surface area contributed by atoms with Crippen molar-refractivity contribution in [2.24, 2.45) is 10.9 Å². The van der Waals surface area contributed by atoms with E-state index in [0.29, 0.717) is 22.6 Å². The Kier molecular flexibility index (Phi) is 3.23. The summed E-state index contributed by atoms with van der Waals surface area (Å²) in [5, 5.41) is 20.4. The van der Waals surface area contributed by atoms with Crippen LogP contribution in [-0.4, -0.2) is 27.1 Å². The number of hydrogen-bond donors (Lipinski definition) is 4. The Morgan fingerprint density at radius 2 is 2.26 bits per heavy atom. The molecule has 0 bridgehead atoms. The number of aryl methyl sites for hydroxylation is 2. The highest BCUT2D eigenvalue weighted by Crippen LogP contribution is 2.17. The first-order valence-corrected chi connectivity index (χ1v) is 5.42. The second kappa shape index (κ2) is 4.84. The SMILES string of the molecule is Cc1cc(C(=O)Nc2[nH]ncc2C(N)=NO)c(C)o1. The third kappa shape index (κ3) is 2.41. The summed E-state index contributed by atoms with van der Waals surface area (Å²) < 4.78 is 5.28. The first kappa shape index (κ1) is 12.7. The zero-order valence-electron chi connectivity index (χ0n) is 10.4. The molecule has 2 aromatic heterocycles. The molecule has 0 spiro atoms. The highest BCUT2D eigenvalue weighted by Gasteiger charge is 2.17. The van der Waals surface area contributed by atoms with Crippen LogP contribution in [-0.2, 0) is 0 Å². The van der Waals surface area contributed by atoms with Crippen molar-refractivity contribution in [3.63, 3.8) is 0 Å². The van der Waals surface area contributed by atoms with Crippen molar-refractivity contribution in [1.29, 1.82) is 0 Å². The highest BCUT2D eigenvalue weighted by atomic mass is 16.4. The van der Waals surface area contributed by atoms with Gasteiger partial charge in [0.05, 0.1) is 17.3 Å². The Morgan fingerprint density at radius 3 is 2.84 bits per heavy atom. The summed E-state index contributed by atoms with van der Waals surface area (Å²) in [6, 6.07) is 1.63. The summed E-state index contributed by atoms with van der Waals surface area (Å²) in [6.07, 6.45) is 1.35. The molecule has 100 valence electrons. The predicted molar refractivity (Wildman–Crippen MR) is 67.2 cm³/mol. The van der Waals surface area contributed by atoms with E-state index in [4.69, 9.17) is 15.4 Å². The molecule has 19 heavy (non-hydrogen) atoms. The van der Waals surface area contributed by atoms with Crippen molar-refractivity contribution in [2.45, 2.75) is 13.8 Å². The van der Waals surface area contributed by atoms with Crippen LogP contribution in [0.5, 0.6) is 0 Å².